The van der Waals surface area contributed by atoms with E-state index in [2.05, 4.69) is 10.6 Å². The van der Waals surface area contributed by atoms with Crippen molar-refractivity contribution >= 4 is 5.91 Å². The Labute approximate surface area is 212 Å². The molecule has 1 fully saturated rings. The minimum absolute atomic E-state index is 0.175. The summed E-state index contributed by atoms with van der Waals surface area (Å²) in [5.74, 6) is -1.04. The number of amides is 1. The lowest BCUT2D eigenvalue weighted by Crippen LogP contribution is -2.46. The maximum atomic E-state index is 13.4. The van der Waals surface area contributed by atoms with E-state index in [0.717, 1.165) is 17.7 Å². The van der Waals surface area contributed by atoms with E-state index < -0.39 is 29.2 Å². The summed E-state index contributed by atoms with van der Waals surface area (Å²) in [5, 5.41) is 16.5. The third-order valence-electron chi connectivity index (χ3n) is 6.64. The number of carbonyl (C=O) groups excluding carboxylic acids is 1. The molecule has 1 aliphatic heterocycles. The molecule has 0 saturated carbocycles. The van der Waals surface area contributed by atoms with E-state index in [0.29, 0.717) is 29.7 Å². The minimum atomic E-state index is -4.45. The highest BCUT2D eigenvalue weighted by atomic mass is 19.4. The first kappa shape index (κ1) is 26.8. The first-order chi connectivity index (χ1) is 17.6. The fourth-order valence-corrected chi connectivity index (χ4v) is 4.47. The SMILES string of the molecule is CNC(=O)[C@H](NCC[C@@H](c1ccc(C(F)(F)F)cc1)c1cccc(C2(O)COC2)c1)c1ccc(F)cc1. The number of likely N-dealkylation sites (N-methyl/N-ethyl adjacent to an activating group) is 1. The zero-order valence-electron chi connectivity index (χ0n) is 20.2. The summed E-state index contributed by atoms with van der Waals surface area (Å²) in [6.45, 7) is 0.682. The summed E-state index contributed by atoms with van der Waals surface area (Å²) >= 11 is 0. The molecule has 0 aliphatic carbocycles. The summed E-state index contributed by atoms with van der Waals surface area (Å²) < 4.78 is 58.0. The molecule has 37 heavy (non-hydrogen) atoms. The van der Waals surface area contributed by atoms with E-state index in [1.54, 1.807) is 12.1 Å². The Morgan fingerprint density at radius 1 is 1.00 bits per heavy atom. The minimum Gasteiger partial charge on any atom is -0.380 e. The predicted molar refractivity (Wildman–Crippen MR) is 130 cm³/mol. The normalized spacial score (nSPS) is 16.5. The van der Waals surface area contributed by atoms with Crippen molar-refractivity contribution in [3.63, 3.8) is 0 Å². The molecule has 1 aliphatic rings. The maximum Gasteiger partial charge on any atom is 0.416 e. The van der Waals surface area contributed by atoms with Crippen molar-refractivity contribution in [3.8, 4) is 0 Å². The van der Waals surface area contributed by atoms with Gasteiger partial charge in [-0.2, -0.15) is 13.2 Å². The quantitative estimate of drug-likeness (QED) is 0.362. The van der Waals surface area contributed by atoms with E-state index in [-0.39, 0.29) is 25.0 Å². The van der Waals surface area contributed by atoms with Crippen LogP contribution in [-0.4, -0.2) is 37.8 Å². The molecule has 3 aromatic rings. The molecule has 5 nitrogen and oxygen atoms in total. The lowest BCUT2D eigenvalue weighted by molar-refractivity contribution is -0.184. The summed E-state index contributed by atoms with van der Waals surface area (Å²) in [7, 11) is 1.51. The van der Waals surface area contributed by atoms with Crippen LogP contribution in [0.25, 0.3) is 0 Å². The van der Waals surface area contributed by atoms with Crippen LogP contribution < -0.4 is 10.6 Å². The van der Waals surface area contributed by atoms with E-state index >= 15 is 0 Å². The number of aliphatic hydroxyl groups is 1. The van der Waals surface area contributed by atoms with Crippen molar-refractivity contribution in [2.24, 2.45) is 0 Å². The highest BCUT2D eigenvalue weighted by Gasteiger charge is 2.38. The molecule has 1 saturated heterocycles. The number of benzene rings is 3. The highest BCUT2D eigenvalue weighted by Crippen LogP contribution is 2.36. The van der Waals surface area contributed by atoms with Crippen LogP contribution >= 0.6 is 0 Å². The molecule has 1 heterocycles. The van der Waals surface area contributed by atoms with E-state index in [4.69, 9.17) is 4.74 Å². The van der Waals surface area contributed by atoms with Crippen molar-refractivity contribution in [2.75, 3.05) is 26.8 Å². The topological polar surface area (TPSA) is 70.6 Å². The number of carbonyl (C=O) groups is 1. The molecule has 2 atom stereocenters. The number of hydrogen-bond acceptors (Lipinski definition) is 4. The largest absolute Gasteiger partial charge is 0.416 e. The van der Waals surface area contributed by atoms with Gasteiger partial charge in [0.05, 0.1) is 18.8 Å². The van der Waals surface area contributed by atoms with Gasteiger partial charge in [-0.1, -0.05) is 48.5 Å². The van der Waals surface area contributed by atoms with Gasteiger partial charge < -0.3 is 20.5 Å². The number of halogens is 4. The average molecular weight is 517 g/mol. The van der Waals surface area contributed by atoms with Gasteiger partial charge in [0.25, 0.3) is 0 Å². The Bertz CT molecular complexity index is 1210. The van der Waals surface area contributed by atoms with Crippen molar-refractivity contribution in [2.45, 2.75) is 30.2 Å². The molecule has 3 aromatic carbocycles. The number of nitrogens with one attached hydrogen (secondary N) is 2. The monoisotopic (exact) mass is 516 g/mol. The van der Waals surface area contributed by atoms with Crippen LogP contribution in [0.3, 0.4) is 0 Å². The lowest BCUT2D eigenvalue weighted by Gasteiger charge is -2.37. The fraction of sp³-hybridized carbons (Fsp3) is 0.321. The average Bonchev–Trinajstić information content (AvgIpc) is 2.87. The number of alkyl halides is 3. The van der Waals surface area contributed by atoms with Crippen molar-refractivity contribution in [1.82, 2.24) is 10.6 Å². The molecule has 9 heteroatoms. The summed E-state index contributed by atoms with van der Waals surface area (Å²) in [5.41, 5.74) is 0.918. The Morgan fingerprint density at radius 3 is 2.22 bits per heavy atom. The van der Waals surface area contributed by atoms with Crippen LogP contribution in [-0.2, 0) is 21.3 Å². The molecular weight excluding hydrogens is 488 g/mol. The summed E-state index contributed by atoms with van der Waals surface area (Å²) in [6.07, 6.45) is -4.00. The van der Waals surface area contributed by atoms with Gasteiger partial charge in [0, 0.05) is 13.0 Å². The van der Waals surface area contributed by atoms with E-state index in [9.17, 15) is 27.5 Å². The first-order valence-corrected chi connectivity index (χ1v) is 11.9. The molecule has 0 radical (unpaired) electrons. The van der Waals surface area contributed by atoms with E-state index in [1.165, 1.54) is 43.4 Å². The van der Waals surface area contributed by atoms with Crippen LogP contribution in [0.1, 0.15) is 46.2 Å². The van der Waals surface area contributed by atoms with Crippen molar-refractivity contribution < 1.29 is 32.2 Å². The van der Waals surface area contributed by atoms with Gasteiger partial charge in [-0.15, -0.1) is 0 Å². The summed E-state index contributed by atoms with van der Waals surface area (Å²) in [4.78, 5) is 12.5. The van der Waals surface area contributed by atoms with Crippen molar-refractivity contribution in [1.29, 1.82) is 0 Å². The lowest BCUT2D eigenvalue weighted by atomic mass is 9.84. The maximum absolute atomic E-state index is 13.4. The van der Waals surface area contributed by atoms with Gasteiger partial charge in [-0.3, -0.25) is 4.79 Å². The Hall–Kier alpha value is -3.27. The van der Waals surface area contributed by atoms with Crippen LogP contribution in [0.15, 0.2) is 72.8 Å². The van der Waals surface area contributed by atoms with Gasteiger partial charge in [-0.25, -0.2) is 4.39 Å². The molecule has 0 bridgehead atoms. The van der Waals surface area contributed by atoms with Crippen molar-refractivity contribution in [3.05, 3.63) is 106 Å². The van der Waals surface area contributed by atoms with Crippen LogP contribution in [0.5, 0.6) is 0 Å². The molecule has 196 valence electrons. The van der Waals surface area contributed by atoms with Gasteiger partial charge in [0.15, 0.2) is 0 Å². The number of hydrogen-bond donors (Lipinski definition) is 3. The molecule has 0 aromatic heterocycles. The van der Waals surface area contributed by atoms with Gasteiger partial charge in [-0.05, 0) is 59.5 Å². The van der Waals surface area contributed by atoms with Gasteiger partial charge >= 0.3 is 6.18 Å². The van der Waals surface area contributed by atoms with Gasteiger partial charge in [0.1, 0.15) is 17.5 Å². The molecule has 3 N–H and O–H groups in total. The van der Waals surface area contributed by atoms with Crippen LogP contribution in [0.4, 0.5) is 17.6 Å². The molecule has 1 amide bonds. The second kappa shape index (κ2) is 11.0. The van der Waals surface area contributed by atoms with Crippen LogP contribution in [0, 0.1) is 5.82 Å². The zero-order chi connectivity index (χ0) is 26.6. The Kier molecular flexibility index (Phi) is 7.96. The second-order valence-electron chi connectivity index (χ2n) is 9.16. The molecular formula is C28H28F4N2O3. The predicted octanol–water partition coefficient (Wildman–Crippen LogP) is 4.66. The molecule has 4 rings (SSSR count). The first-order valence-electron chi connectivity index (χ1n) is 11.9. The second-order valence-corrected chi connectivity index (χ2v) is 9.16. The third-order valence-corrected chi connectivity index (χ3v) is 6.64. The highest BCUT2D eigenvalue weighted by molar-refractivity contribution is 5.82. The third kappa shape index (κ3) is 6.18. The van der Waals surface area contributed by atoms with Gasteiger partial charge in [0.2, 0.25) is 5.91 Å². The van der Waals surface area contributed by atoms with E-state index in [1.807, 2.05) is 12.1 Å². The van der Waals surface area contributed by atoms with Crippen LogP contribution in [0.2, 0.25) is 0 Å². The zero-order valence-corrected chi connectivity index (χ0v) is 20.2. The number of rotatable bonds is 9. The summed E-state index contributed by atoms with van der Waals surface area (Å²) in [6, 6.07) is 17.2. The molecule has 0 spiro atoms. The number of ether oxygens (including phenoxy) is 1. The smallest absolute Gasteiger partial charge is 0.380 e. The Balaban J connectivity index is 1.60. The Morgan fingerprint density at radius 2 is 1.65 bits per heavy atom. The fourth-order valence-electron chi connectivity index (χ4n) is 4.47. The standard InChI is InChI=1S/C28H28F4N2O3/c1-33-26(35)25(19-7-11-23(29)12-8-19)34-14-13-24(18-5-9-21(10-6-18)28(30,31)32)20-3-2-4-22(15-20)27(36)16-37-17-27/h2-12,15,24-25,34,36H,13-14,16-17H2,1H3,(H,33,35)/t24-,25+/m0/s1. The molecule has 0 unspecified atom stereocenters.